The van der Waals surface area contributed by atoms with Crippen molar-refractivity contribution in [2.75, 3.05) is 13.1 Å². The Morgan fingerprint density at radius 1 is 0.714 bits per heavy atom. The Morgan fingerprint density at radius 3 is 1.29 bits per heavy atom. The zero-order valence-corrected chi connectivity index (χ0v) is 16.3. The highest BCUT2D eigenvalue weighted by molar-refractivity contribution is 6.04. The van der Waals surface area contributed by atoms with E-state index in [1.165, 1.54) is 26.2 Å². The van der Waals surface area contributed by atoms with E-state index in [2.05, 4.69) is 9.97 Å². The van der Waals surface area contributed by atoms with Gasteiger partial charge in [-0.05, 0) is 38.1 Å². The molecule has 2 aromatic heterocycles. The van der Waals surface area contributed by atoms with Gasteiger partial charge >= 0.3 is 0 Å². The average Bonchev–Trinajstić information content (AvgIpc) is 2.68. The van der Waals surface area contributed by atoms with Crippen molar-refractivity contribution in [3.05, 3.63) is 47.8 Å². The van der Waals surface area contributed by atoms with Crippen LogP contribution in [0.25, 0.3) is 11.4 Å². The van der Waals surface area contributed by atoms with Crippen LogP contribution in [0.3, 0.4) is 0 Å². The number of amides is 4. The second kappa shape index (κ2) is 8.98. The van der Waals surface area contributed by atoms with Crippen molar-refractivity contribution in [3.63, 3.8) is 0 Å². The van der Waals surface area contributed by atoms with Crippen LogP contribution in [0.1, 0.15) is 48.4 Å². The molecule has 2 rings (SSSR count). The largest absolute Gasteiger partial charge is 0.279 e. The molecule has 0 saturated heterocycles. The lowest BCUT2D eigenvalue weighted by molar-refractivity contribution is -0.127. The number of rotatable bonds is 5. The Kier molecular flexibility index (Phi) is 6.70. The van der Waals surface area contributed by atoms with Gasteiger partial charge in [-0.3, -0.25) is 38.9 Å². The third-order valence-electron chi connectivity index (χ3n) is 4.17. The predicted molar refractivity (Wildman–Crippen MR) is 102 cm³/mol. The maximum atomic E-state index is 12.3. The molecule has 28 heavy (non-hydrogen) atoms. The van der Waals surface area contributed by atoms with Crippen molar-refractivity contribution >= 4 is 23.6 Å². The summed E-state index contributed by atoms with van der Waals surface area (Å²) >= 11 is 0. The van der Waals surface area contributed by atoms with Crippen LogP contribution in [0.2, 0.25) is 0 Å². The number of carbonyl (C=O) groups is 4. The Labute approximate surface area is 163 Å². The van der Waals surface area contributed by atoms with Gasteiger partial charge in [0, 0.05) is 39.3 Å². The molecule has 146 valence electrons. The Hall–Kier alpha value is -3.42. The van der Waals surface area contributed by atoms with E-state index in [-0.39, 0.29) is 24.9 Å². The summed E-state index contributed by atoms with van der Waals surface area (Å²) in [4.78, 5) is 58.3. The minimum Gasteiger partial charge on any atom is -0.279 e. The highest BCUT2D eigenvalue weighted by Crippen LogP contribution is 2.16. The first-order chi connectivity index (χ1) is 13.3. The Bertz CT molecular complexity index is 816. The van der Waals surface area contributed by atoms with E-state index in [0.717, 1.165) is 9.80 Å². The van der Waals surface area contributed by atoms with Gasteiger partial charge in [0.25, 0.3) is 11.8 Å². The number of hydrogen-bond acceptors (Lipinski definition) is 6. The van der Waals surface area contributed by atoms with E-state index in [1.54, 1.807) is 38.1 Å². The van der Waals surface area contributed by atoms with Crippen LogP contribution in [-0.4, -0.2) is 56.5 Å². The second-order valence-corrected chi connectivity index (χ2v) is 6.00. The van der Waals surface area contributed by atoms with E-state index >= 15 is 0 Å². The number of imide groups is 2. The highest BCUT2D eigenvalue weighted by Gasteiger charge is 2.19. The van der Waals surface area contributed by atoms with Crippen LogP contribution in [0.15, 0.2) is 36.7 Å². The second-order valence-electron chi connectivity index (χ2n) is 6.00. The normalized spacial score (nSPS) is 10.3. The van der Waals surface area contributed by atoms with Gasteiger partial charge < -0.3 is 0 Å². The molecule has 0 bridgehead atoms. The molecular formula is C20H22N4O4. The van der Waals surface area contributed by atoms with Crippen molar-refractivity contribution in [2.45, 2.75) is 27.7 Å². The number of carbonyl (C=O) groups excluding carboxylic acids is 4. The lowest BCUT2D eigenvalue weighted by atomic mass is 10.1. The molecule has 0 spiro atoms. The molecule has 0 unspecified atom stereocenters. The summed E-state index contributed by atoms with van der Waals surface area (Å²) in [6, 6.07) is 6.40. The molecule has 2 aromatic rings. The van der Waals surface area contributed by atoms with Gasteiger partial charge in [-0.25, -0.2) is 0 Å². The molecule has 8 nitrogen and oxygen atoms in total. The molecule has 0 atom stereocenters. The molecule has 2 heterocycles. The van der Waals surface area contributed by atoms with Crippen LogP contribution >= 0.6 is 0 Å². The van der Waals surface area contributed by atoms with E-state index in [1.807, 2.05) is 0 Å². The summed E-state index contributed by atoms with van der Waals surface area (Å²) in [7, 11) is 0. The summed E-state index contributed by atoms with van der Waals surface area (Å²) in [5.41, 5.74) is 1.63. The van der Waals surface area contributed by atoms with Crippen molar-refractivity contribution in [2.24, 2.45) is 0 Å². The van der Waals surface area contributed by atoms with Gasteiger partial charge in [0.2, 0.25) is 11.8 Å². The molecule has 8 heteroatoms. The van der Waals surface area contributed by atoms with Gasteiger partial charge in [0.05, 0.1) is 22.5 Å². The minimum absolute atomic E-state index is 0.280. The zero-order valence-electron chi connectivity index (χ0n) is 16.3. The summed E-state index contributed by atoms with van der Waals surface area (Å²) in [5.74, 6) is -1.48. The fraction of sp³-hybridized carbons (Fsp3) is 0.300. The number of aromatic nitrogens is 2. The quantitative estimate of drug-likeness (QED) is 0.785. The Balaban J connectivity index is 2.21. The summed E-state index contributed by atoms with van der Waals surface area (Å²) in [5, 5.41) is 0. The molecular weight excluding hydrogens is 360 g/mol. The van der Waals surface area contributed by atoms with E-state index in [0.29, 0.717) is 22.5 Å². The highest BCUT2D eigenvalue weighted by atomic mass is 16.2. The molecule has 4 amide bonds. The van der Waals surface area contributed by atoms with E-state index in [9.17, 15) is 19.2 Å². The van der Waals surface area contributed by atoms with Crippen LogP contribution in [0.4, 0.5) is 0 Å². The van der Waals surface area contributed by atoms with Crippen LogP contribution in [0.5, 0.6) is 0 Å². The minimum atomic E-state index is -0.410. The van der Waals surface area contributed by atoms with Gasteiger partial charge in [0.15, 0.2) is 0 Å². The van der Waals surface area contributed by atoms with Crippen LogP contribution in [0, 0.1) is 0 Å². The third-order valence-corrected chi connectivity index (χ3v) is 4.17. The smallest absolute Gasteiger partial charge is 0.262 e. The van der Waals surface area contributed by atoms with Crippen LogP contribution in [-0.2, 0) is 9.59 Å². The van der Waals surface area contributed by atoms with Crippen molar-refractivity contribution in [1.29, 1.82) is 0 Å². The van der Waals surface area contributed by atoms with Gasteiger partial charge in [-0.15, -0.1) is 0 Å². The summed E-state index contributed by atoms with van der Waals surface area (Å²) in [6.07, 6.45) is 2.77. The summed E-state index contributed by atoms with van der Waals surface area (Å²) < 4.78 is 0. The first-order valence-electron chi connectivity index (χ1n) is 8.87. The molecule has 0 aromatic carbocycles. The van der Waals surface area contributed by atoms with Gasteiger partial charge in [0.1, 0.15) is 0 Å². The van der Waals surface area contributed by atoms with E-state index < -0.39 is 11.8 Å². The monoisotopic (exact) mass is 382 g/mol. The molecule has 0 N–H and O–H groups in total. The maximum absolute atomic E-state index is 12.3. The third kappa shape index (κ3) is 4.46. The van der Waals surface area contributed by atoms with Crippen molar-refractivity contribution in [3.8, 4) is 11.4 Å². The summed E-state index contributed by atoms with van der Waals surface area (Å²) in [6.45, 7) is 6.67. The van der Waals surface area contributed by atoms with Gasteiger partial charge in [-0.2, -0.15) is 0 Å². The first-order valence-corrected chi connectivity index (χ1v) is 8.87. The molecule has 0 saturated carbocycles. The van der Waals surface area contributed by atoms with Crippen molar-refractivity contribution in [1.82, 2.24) is 19.8 Å². The van der Waals surface area contributed by atoms with E-state index in [4.69, 9.17) is 0 Å². The first kappa shape index (κ1) is 20.9. The fourth-order valence-corrected chi connectivity index (χ4v) is 2.67. The molecule has 0 aliphatic carbocycles. The molecule has 0 aliphatic heterocycles. The number of hydrogen-bond donors (Lipinski definition) is 0. The van der Waals surface area contributed by atoms with Crippen LogP contribution < -0.4 is 0 Å². The lowest BCUT2D eigenvalue weighted by Gasteiger charge is -2.17. The maximum Gasteiger partial charge on any atom is 0.262 e. The molecule has 0 fully saturated rings. The predicted octanol–water partition coefficient (Wildman–Crippen LogP) is 2.16. The average molecular weight is 382 g/mol. The zero-order chi connectivity index (χ0) is 20.8. The fourth-order valence-electron chi connectivity index (χ4n) is 2.67. The lowest BCUT2D eigenvalue weighted by Crippen LogP contribution is -2.35. The standard InChI is InChI=1S/C20H22N4O4/c1-5-23(13(3)25)19(27)15-7-9-17(21-11-15)18-10-8-16(12-22-18)20(28)24(6-2)14(4)26/h7-12H,5-6H2,1-4H3. The Morgan fingerprint density at radius 2 is 1.07 bits per heavy atom. The topological polar surface area (TPSA) is 101 Å². The van der Waals surface area contributed by atoms with Gasteiger partial charge in [-0.1, -0.05) is 0 Å². The number of nitrogens with zero attached hydrogens (tertiary/aromatic N) is 4. The van der Waals surface area contributed by atoms with Crippen molar-refractivity contribution < 1.29 is 19.2 Å². The number of pyridine rings is 2. The molecule has 0 aliphatic rings. The SMILES string of the molecule is CCN(C(C)=O)C(=O)c1ccc(-c2ccc(C(=O)N(CC)C(C)=O)cn2)nc1. The molecule has 0 radical (unpaired) electrons.